The Morgan fingerprint density at radius 1 is 1.35 bits per heavy atom. The molecule has 1 saturated heterocycles. The number of amidine groups is 1. The fourth-order valence-corrected chi connectivity index (χ4v) is 3.40. The van der Waals surface area contributed by atoms with Gasteiger partial charge in [-0.3, -0.25) is 14.6 Å². The molecule has 0 bridgehead atoms. The highest BCUT2D eigenvalue weighted by molar-refractivity contribution is 8.15. The molecule has 1 aliphatic rings. The summed E-state index contributed by atoms with van der Waals surface area (Å²) in [4.78, 5) is 30.4. The van der Waals surface area contributed by atoms with Gasteiger partial charge in [0.1, 0.15) is 11.0 Å². The Morgan fingerprint density at radius 3 is 2.61 bits per heavy atom. The lowest BCUT2D eigenvalue weighted by Gasteiger charge is -2.16. The molecule has 1 aromatic carbocycles. The van der Waals surface area contributed by atoms with Crippen molar-refractivity contribution < 1.29 is 14.3 Å². The van der Waals surface area contributed by atoms with Crippen molar-refractivity contribution in [3.8, 4) is 5.75 Å². The number of nitrogens with zero attached hydrogens (tertiary/aromatic N) is 2. The third-order valence-corrected chi connectivity index (χ3v) is 4.47. The van der Waals surface area contributed by atoms with Crippen LogP contribution < -0.4 is 15.0 Å². The highest BCUT2D eigenvalue weighted by atomic mass is 32.2. The maximum absolute atomic E-state index is 12.6. The normalized spacial score (nSPS) is 18.5. The van der Waals surface area contributed by atoms with Crippen LogP contribution in [0.1, 0.15) is 20.3 Å². The second-order valence-corrected chi connectivity index (χ2v) is 6.08. The van der Waals surface area contributed by atoms with E-state index in [-0.39, 0.29) is 18.2 Å². The number of rotatable bonds is 5. The number of nitrogens with one attached hydrogen (secondary N) is 1. The zero-order chi connectivity index (χ0) is 16.8. The van der Waals surface area contributed by atoms with Crippen LogP contribution in [0.2, 0.25) is 0 Å². The number of amides is 2. The molecule has 7 heteroatoms. The number of anilines is 1. The zero-order valence-electron chi connectivity index (χ0n) is 13.5. The minimum atomic E-state index is -0.436. The first-order valence-electron chi connectivity index (χ1n) is 7.56. The Bertz CT molecular complexity index is 601. The fourth-order valence-electron chi connectivity index (χ4n) is 2.26. The van der Waals surface area contributed by atoms with Crippen LogP contribution >= 0.6 is 11.8 Å². The van der Waals surface area contributed by atoms with Crippen LogP contribution in [0.4, 0.5) is 5.69 Å². The molecule has 1 aromatic rings. The van der Waals surface area contributed by atoms with Crippen LogP contribution in [0.25, 0.3) is 0 Å². The molecule has 0 spiro atoms. The van der Waals surface area contributed by atoms with Gasteiger partial charge in [-0.15, -0.1) is 0 Å². The molecule has 1 N–H and O–H groups in total. The third kappa shape index (κ3) is 4.04. The maximum atomic E-state index is 12.6. The van der Waals surface area contributed by atoms with Crippen molar-refractivity contribution in [3.63, 3.8) is 0 Å². The number of ether oxygens (including phenoxy) is 1. The molecule has 0 radical (unpaired) electrons. The number of hydrogen-bond acceptors (Lipinski definition) is 5. The van der Waals surface area contributed by atoms with Gasteiger partial charge in [0.15, 0.2) is 5.17 Å². The zero-order valence-corrected chi connectivity index (χ0v) is 14.4. The predicted octanol–water partition coefficient (Wildman–Crippen LogP) is 2.05. The van der Waals surface area contributed by atoms with E-state index in [1.807, 2.05) is 13.8 Å². The van der Waals surface area contributed by atoms with Gasteiger partial charge >= 0.3 is 0 Å². The van der Waals surface area contributed by atoms with Crippen LogP contribution in [0.15, 0.2) is 29.3 Å². The Balaban J connectivity index is 2.14. The quantitative estimate of drug-likeness (QED) is 0.506. The monoisotopic (exact) mass is 335 g/mol. The molecule has 0 aromatic heterocycles. The number of carbonyl (C=O) groups excluding carboxylic acids is 2. The Morgan fingerprint density at radius 2 is 2.04 bits per heavy atom. The van der Waals surface area contributed by atoms with E-state index < -0.39 is 5.25 Å². The Hall–Kier alpha value is -2.02. The summed E-state index contributed by atoms with van der Waals surface area (Å²) in [5.74, 6) is 0.292. The van der Waals surface area contributed by atoms with Crippen molar-refractivity contribution in [3.05, 3.63) is 24.3 Å². The van der Waals surface area contributed by atoms with Crippen LogP contribution in [-0.4, -0.2) is 42.4 Å². The van der Waals surface area contributed by atoms with Crippen LogP contribution in [0, 0.1) is 0 Å². The van der Waals surface area contributed by atoms with Crippen molar-refractivity contribution in [2.24, 2.45) is 4.99 Å². The molecule has 1 aliphatic heterocycles. The number of aliphatic imine (C=N–C) groups is 1. The summed E-state index contributed by atoms with van der Waals surface area (Å²) in [5.41, 5.74) is 0.571. The van der Waals surface area contributed by atoms with Gasteiger partial charge in [0.05, 0.1) is 12.8 Å². The van der Waals surface area contributed by atoms with Crippen LogP contribution in [0.5, 0.6) is 5.75 Å². The summed E-state index contributed by atoms with van der Waals surface area (Å²) in [5, 5.41) is 3.40. The second-order valence-electron chi connectivity index (χ2n) is 4.89. The van der Waals surface area contributed by atoms with Gasteiger partial charge in [-0.2, -0.15) is 0 Å². The molecule has 1 atom stereocenters. The lowest BCUT2D eigenvalue weighted by molar-refractivity contribution is -0.121. The minimum Gasteiger partial charge on any atom is -0.497 e. The summed E-state index contributed by atoms with van der Waals surface area (Å²) < 4.78 is 5.10. The molecule has 6 nitrogen and oxygen atoms in total. The highest BCUT2D eigenvalue weighted by Gasteiger charge is 2.40. The molecule has 0 aliphatic carbocycles. The summed E-state index contributed by atoms with van der Waals surface area (Å²) >= 11 is 1.32. The molecule has 0 unspecified atom stereocenters. The molecule has 1 heterocycles. The van der Waals surface area contributed by atoms with Crippen molar-refractivity contribution in [2.75, 3.05) is 25.1 Å². The summed E-state index contributed by atoms with van der Waals surface area (Å²) in [6, 6.07) is 6.90. The molecule has 124 valence electrons. The number of hydrogen-bond donors (Lipinski definition) is 1. The largest absolute Gasteiger partial charge is 0.497 e. The van der Waals surface area contributed by atoms with Gasteiger partial charge in [-0.25, -0.2) is 4.90 Å². The number of thioether (sulfide) groups is 1. The molecule has 23 heavy (non-hydrogen) atoms. The SMILES string of the molecule is CCN=C(NCC)S[C@@H]1CC(=O)N(c2ccc(OC)cc2)C1=O. The Labute approximate surface area is 140 Å². The smallest absolute Gasteiger partial charge is 0.247 e. The number of carbonyl (C=O) groups is 2. The van der Waals surface area contributed by atoms with Gasteiger partial charge in [-0.05, 0) is 38.1 Å². The first kappa shape index (κ1) is 17.3. The van der Waals surface area contributed by atoms with E-state index in [1.54, 1.807) is 31.4 Å². The van der Waals surface area contributed by atoms with Crippen molar-refractivity contribution in [1.29, 1.82) is 0 Å². The maximum Gasteiger partial charge on any atom is 0.247 e. The average Bonchev–Trinajstić information content (AvgIpc) is 2.82. The molecule has 2 amide bonds. The van der Waals surface area contributed by atoms with Crippen molar-refractivity contribution in [1.82, 2.24) is 5.32 Å². The summed E-state index contributed by atoms with van der Waals surface area (Å²) in [6.07, 6.45) is 0.184. The summed E-state index contributed by atoms with van der Waals surface area (Å²) in [7, 11) is 1.57. The second kappa shape index (κ2) is 8.01. The van der Waals surface area contributed by atoms with Crippen LogP contribution in [-0.2, 0) is 9.59 Å². The number of methoxy groups -OCH3 is 1. The minimum absolute atomic E-state index is 0.184. The van der Waals surface area contributed by atoms with E-state index in [0.29, 0.717) is 23.1 Å². The molecular formula is C16H21N3O3S. The molecule has 1 fully saturated rings. The Kier molecular flexibility index (Phi) is 6.04. The van der Waals surface area contributed by atoms with E-state index in [4.69, 9.17) is 4.74 Å². The van der Waals surface area contributed by atoms with Crippen LogP contribution in [0.3, 0.4) is 0 Å². The number of benzene rings is 1. The summed E-state index contributed by atoms with van der Waals surface area (Å²) in [6.45, 7) is 5.26. The lowest BCUT2D eigenvalue weighted by atomic mass is 10.3. The topological polar surface area (TPSA) is 71.0 Å². The van der Waals surface area contributed by atoms with E-state index in [0.717, 1.165) is 6.54 Å². The molecule has 2 rings (SSSR count). The average molecular weight is 335 g/mol. The van der Waals surface area contributed by atoms with Crippen molar-refractivity contribution >= 4 is 34.4 Å². The van der Waals surface area contributed by atoms with Gasteiger partial charge < -0.3 is 10.1 Å². The van der Waals surface area contributed by atoms with Gasteiger partial charge in [-0.1, -0.05) is 11.8 Å². The van der Waals surface area contributed by atoms with E-state index in [2.05, 4.69) is 10.3 Å². The van der Waals surface area contributed by atoms with E-state index in [1.165, 1.54) is 16.7 Å². The molecular weight excluding hydrogens is 314 g/mol. The first-order chi connectivity index (χ1) is 11.1. The fraction of sp³-hybridized carbons (Fsp3) is 0.438. The first-order valence-corrected chi connectivity index (χ1v) is 8.44. The van der Waals surface area contributed by atoms with Gasteiger partial charge in [0, 0.05) is 19.5 Å². The molecule has 0 saturated carbocycles. The lowest BCUT2D eigenvalue weighted by Crippen LogP contribution is -2.32. The highest BCUT2D eigenvalue weighted by Crippen LogP contribution is 2.30. The number of imide groups is 1. The van der Waals surface area contributed by atoms with Gasteiger partial charge in [0.25, 0.3) is 0 Å². The van der Waals surface area contributed by atoms with Gasteiger partial charge in [0.2, 0.25) is 11.8 Å². The van der Waals surface area contributed by atoms with E-state index >= 15 is 0 Å². The predicted molar refractivity (Wildman–Crippen MR) is 93.1 cm³/mol. The third-order valence-electron chi connectivity index (χ3n) is 3.32. The standard InChI is InChI=1S/C16H21N3O3S/c1-4-17-16(18-5-2)23-13-10-14(20)19(15(13)21)11-6-8-12(22-3)9-7-11/h6-9,13H,4-5,10H2,1-3H3,(H,17,18)/t13-/m1/s1. The van der Waals surface area contributed by atoms with E-state index in [9.17, 15) is 9.59 Å². The van der Waals surface area contributed by atoms with Crippen molar-refractivity contribution in [2.45, 2.75) is 25.5 Å².